The van der Waals surface area contributed by atoms with Gasteiger partial charge >= 0.3 is 6.18 Å². The fourth-order valence-corrected chi connectivity index (χ4v) is 5.14. The van der Waals surface area contributed by atoms with Crippen LogP contribution in [0.2, 0.25) is 0 Å². The van der Waals surface area contributed by atoms with Gasteiger partial charge in [-0.3, -0.25) is 0 Å². The molecule has 0 unspecified atom stereocenters. The van der Waals surface area contributed by atoms with E-state index in [1.807, 2.05) is 12.1 Å². The van der Waals surface area contributed by atoms with E-state index >= 15 is 4.39 Å². The SMILES string of the molecule is CCCC1CCC(CCc2ccc3c(F)c(C#Cc4ccc(C(F)(F)F)c(F)c4)ccc3c2)CC1. The van der Waals surface area contributed by atoms with Crippen LogP contribution >= 0.6 is 0 Å². The maximum Gasteiger partial charge on any atom is 0.419 e. The van der Waals surface area contributed by atoms with Gasteiger partial charge in [-0.15, -0.1) is 0 Å². The normalized spacial score (nSPS) is 18.3. The van der Waals surface area contributed by atoms with Crippen LogP contribution in [0, 0.1) is 35.3 Å². The molecule has 35 heavy (non-hydrogen) atoms. The summed E-state index contributed by atoms with van der Waals surface area (Å²) in [5, 5.41) is 1.23. The molecule has 1 saturated carbocycles. The zero-order chi connectivity index (χ0) is 25.0. The van der Waals surface area contributed by atoms with Gasteiger partial charge < -0.3 is 0 Å². The smallest absolute Gasteiger partial charge is 0.206 e. The molecule has 0 N–H and O–H groups in total. The first-order valence-corrected chi connectivity index (χ1v) is 12.3. The largest absolute Gasteiger partial charge is 0.419 e. The second-order valence-electron chi connectivity index (χ2n) is 9.64. The number of alkyl halides is 3. The summed E-state index contributed by atoms with van der Waals surface area (Å²) in [6.07, 6.45) is 5.25. The Bertz CT molecular complexity index is 1240. The minimum Gasteiger partial charge on any atom is -0.206 e. The highest BCUT2D eigenvalue weighted by Gasteiger charge is 2.33. The summed E-state index contributed by atoms with van der Waals surface area (Å²) in [5.74, 6) is 4.98. The summed E-state index contributed by atoms with van der Waals surface area (Å²) < 4.78 is 67.0. The minimum absolute atomic E-state index is 0.0501. The average Bonchev–Trinajstić information content (AvgIpc) is 2.82. The van der Waals surface area contributed by atoms with E-state index < -0.39 is 23.4 Å². The number of benzene rings is 3. The van der Waals surface area contributed by atoms with Crippen molar-refractivity contribution in [3.63, 3.8) is 0 Å². The third kappa shape index (κ3) is 6.23. The molecule has 3 aromatic carbocycles. The van der Waals surface area contributed by atoms with Gasteiger partial charge in [0.1, 0.15) is 11.6 Å². The van der Waals surface area contributed by atoms with Crippen LogP contribution in [0.3, 0.4) is 0 Å². The third-order valence-corrected chi connectivity index (χ3v) is 7.14. The molecular weight excluding hydrogens is 455 g/mol. The van der Waals surface area contributed by atoms with Gasteiger partial charge in [0, 0.05) is 10.9 Å². The van der Waals surface area contributed by atoms with E-state index in [0.717, 1.165) is 42.2 Å². The Kier molecular flexibility index (Phi) is 7.79. The lowest BCUT2D eigenvalue weighted by atomic mass is 9.78. The van der Waals surface area contributed by atoms with E-state index in [0.29, 0.717) is 11.5 Å². The van der Waals surface area contributed by atoms with Gasteiger partial charge in [-0.25, -0.2) is 8.78 Å². The molecule has 1 aliphatic carbocycles. The fraction of sp³-hybridized carbons (Fsp3) is 0.400. The number of hydrogen-bond donors (Lipinski definition) is 0. The molecule has 0 heterocycles. The molecule has 3 aromatic rings. The quantitative estimate of drug-likeness (QED) is 0.250. The lowest BCUT2D eigenvalue weighted by Gasteiger charge is -2.28. The Morgan fingerprint density at radius 1 is 0.829 bits per heavy atom. The molecule has 0 bridgehead atoms. The Balaban J connectivity index is 1.44. The van der Waals surface area contributed by atoms with E-state index in [4.69, 9.17) is 0 Å². The topological polar surface area (TPSA) is 0 Å². The maximum absolute atomic E-state index is 15.1. The van der Waals surface area contributed by atoms with E-state index in [1.165, 1.54) is 44.1 Å². The molecule has 184 valence electrons. The van der Waals surface area contributed by atoms with Crippen molar-refractivity contribution in [1.82, 2.24) is 0 Å². The molecule has 0 aliphatic heterocycles. The zero-order valence-electron chi connectivity index (χ0n) is 19.8. The van der Waals surface area contributed by atoms with Crippen LogP contribution in [-0.4, -0.2) is 0 Å². The molecule has 0 spiro atoms. The Labute approximate surface area is 203 Å². The van der Waals surface area contributed by atoms with Gasteiger partial charge in [-0.05, 0) is 59.9 Å². The Morgan fingerprint density at radius 2 is 1.54 bits per heavy atom. The summed E-state index contributed by atoms with van der Waals surface area (Å²) in [6, 6.07) is 11.5. The van der Waals surface area contributed by atoms with Crippen molar-refractivity contribution in [2.45, 2.75) is 64.5 Å². The van der Waals surface area contributed by atoms with Gasteiger partial charge in [0.2, 0.25) is 0 Å². The van der Waals surface area contributed by atoms with Crippen LogP contribution in [0.15, 0.2) is 48.5 Å². The van der Waals surface area contributed by atoms with E-state index in [2.05, 4.69) is 18.8 Å². The highest BCUT2D eigenvalue weighted by molar-refractivity contribution is 5.85. The Morgan fingerprint density at radius 3 is 2.20 bits per heavy atom. The van der Waals surface area contributed by atoms with Crippen molar-refractivity contribution in [1.29, 1.82) is 0 Å². The lowest BCUT2D eigenvalue weighted by Crippen LogP contribution is -2.15. The second kappa shape index (κ2) is 10.8. The van der Waals surface area contributed by atoms with Crippen molar-refractivity contribution >= 4 is 10.8 Å². The third-order valence-electron chi connectivity index (χ3n) is 7.14. The van der Waals surface area contributed by atoms with Crippen molar-refractivity contribution in [2.24, 2.45) is 11.8 Å². The summed E-state index contributed by atoms with van der Waals surface area (Å²) in [5.41, 5.74) is 0.00928. The molecule has 0 atom stereocenters. The summed E-state index contributed by atoms with van der Waals surface area (Å²) in [6.45, 7) is 2.25. The molecular formula is C30H29F5. The first-order valence-electron chi connectivity index (χ1n) is 12.3. The monoisotopic (exact) mass is 484 g/mol. The predicted molar refractivity (Wildman–Crippen MR) is 130 cm³/mol. The van der Waals surface area contributed by atoms with E-state index in [-0.39, 0.29) is 11.1 Å². The van der Waals surface area contributed by atoms with Gasteiger partial charge in [0.05, 0.1) is 11.1 Å². The van der Waals surface area contributed by atoms with Gasteiger partial charge in [-0.2, -0.15) is 13.2 Å². The molecule has 4 rings (SSSR count). The number of fused-ring (bicyclic) bond motifs is 1. The molecule has 0 nitrogen and oxygen atoms in total. The molecule has 1 fully saturated rings. The first-order chi connectivity index (χ1) is 16.7. The molecule has 1 aliphatic rings. The van der Waals surface area contributed by atoms with E-state index in [1.54, 1.807) is 18.2 Å². The maximum atomic E-state index is 15.1. The number of aryl methyl sites for hydroxylation is 1. The number of rotatable bonds is 5. The highest BCUT2D eigenvalue weighted by Crippen LogP contribution is 2.34. The van der Waals surface area contributed by atoms with Crippen LogP contribution in [0.1, 0.15) is 74.1 Å². The van der Waals surface area contributed by atoms with Gasteiger partial charge in [-0.1, -0.05) is 81.6 Å². The molecule has 0 aromatic heterocycles. The second-order valence-corrected chi connectivity index (χ2v) is 9.64. The van der Waals surface area contributed by atoms with Crippen molar-refractivity contribution in [3.05, 3.63) is 82.4 Å². The molecule has 5 heteroatoms. The fourth-order valence-electron chi connectivity index (χ4n) is 5.14. The summed E-state index contributed by atoms with van der Waals surface area (Å²) >= 11 is 0. The predicted octanol–water partition coefficient (Wildman–Crippen LogP) is 9.08. The Hall–Kier alpha value is -2.87. The van der Waals surface area contributed by atoms with Crippen molar-refractivity contribution in [3.8, 4) is 11.8 Å². The van der Waals surface area contributed by atoms with Crippen LogP contribution in [0.25, 0.3) is 10.8 Å². The van der Waals surface area contributed by atoms with Crippen LogP contribution < -0.4 is 0 Å². The van der Waals surface area contributed by atoms with Crippen molar-refractivity contribution < 1.29 is 22.0 Å². The summed E-state index contributed by atoms with van der Waals surface area (Å²) in [7, 11) is 0. The first kappa shape index (κ1) is 25.2. The van der Waals surface area contributed by atoms with Crippen LogP contribution in [0.5, 0.6) is 0 Å². The molecule has 0 saturated heterocycles. The molecule has 0 amide bonds. The number of halogens is 5. The number of hydrogen-bond acceptors (Lipinski definition) is 0. The van der Waals surface area contributed by atoms with Crippen LogP contribution in [0.4, 0.5) is 22.0 Å². The lowest BCUT2D eigenvalue weighted by molar-refractivity contribution is -0.140. The molecule has 0 radical (unpaired) electrons. The van der Waals surface area contributed by atoms with Gasteiger partial charge in [0.25, 0.3) is 0 Å². The minimum atomic E-state index is -4.77. The van der Waals surface area contributed by atoms with Crippen molar-refractivity contribution in [2.75, 3.05) is 0 Å². The van der Waals surface area contributed by atoms with E-state index in [9.17, 15) is 17.6 Å². The zero-order valence-corrected chi connectivity index (χ0v) is 19.8. The summed E-state index contributed by atoms with van der Waals surface area (Å²) in [4.78, 5) is 0. The standard InChI is InChI=1S/C30H29F5/c1-2-3-20-4-6-21(7-5-20)8-9-22-11-16-26-25(18-22)15-14-24(29(26)32)13-10-23-12-17-27(28(31)19-23)30(33,34)35/h11-12,14-21H,2-9H2,1H3. The average molecular weight is 485 g/mol. The highest BCUT2D eigenvalue weighted by atomic mass is 19.4. The van der Waals surface area contributed by atoms with Crippen LogP contribution in [-0.2, 0) is 12.6 Å². The van der Waals surface area contributed by atoms with Gasteiger partial charge in [0.15, 0.2) is 0 Å².